The summed E-state index contributed by atoms with van der Waals surface area (Å²) in [5.41, 5.74) is 7.05. The first-order valence-electron chi connectivity index (χ1n) is 19.1. The summed E-state index contributed by atoms with van der Waals surface area (Å²) in [6.45, 7) is 19.3. The van der Waals surface area contributed by atoms with Crippen LogP contribution in [0.1, 0.15) is 56.2 Å². The Morgan fingerprint density at radius 3 is 2.08 bits per heavy atom. The highest BCUT2D eigenvalue weighted by Crippen LogP contribution is 2.49. The van der Waals surface area contributed by atoms with Crippen molar-refractivity contribution in [2.45, 2.75) is 96.3 Å². The highest BCUT2D eigenvalue weighted by atomic mass is 28.3. The Hall–Kier alpha value is -3.32. The number of hydrogen-bond acceptors (Lipinski definition) is 7. The second-order valence-corrected chi connectivity index (χ2v) is 28.3. The van der Waals surface area contributed by atoms with Gasteiger partial charge in [-0.3, -0.25) is 4.98 Å². The first-order valence-corrected chi connectivity index (χ1v) is 26.5. The average molecular weight is 726 g/mol. The Balaban J connectivity index is 1.47. The molecule has 2 saturated carbocycles. The molecule has 3 aromatic heterocycles. The number of hydrogen-bond donors (Lipinski definition) is 0. The van der Waals surface area contributed by atoms with Gasteiger partial charge in [0, 0.05) is 63.7 Å². The fraction of sp³-hybridized carbons (Fsp3) is 0.537. The lowest BCUT2D eigenvalue weighted by atomic mass is 9.78. The molecule has 2 aliphatic carbocycles. The number of pyridine rings is 1. The zero-order valence-corrected chi connectivity index (χ0v) is 34.0. The zero-order chi connectivity index (χ0) is 36.0. The van der Waals surface area contributed by atoms with Crippen molar-refractivity contribution in [3.05, 3.63) is 72.4 Å². The Morgan fingerprint density at radius 2 is 1.49 bits per heavy atom. The minimum atomic E-state index is -1.27. The minimum Gasteiger partial charge on any atom is -0.501 e. The Kier molecular flexibility index (Phi) is 12.2. The predicted octanol–water partition coefficient (Wildman–Crippen LogP) is 10.2. The summed E-state index contributed by atoms with van der Waals surface area (Å²) >= 11 is 0. The van der Waals surface area contributed by atoms with Gasteiger partial charge in [-0.1, -0.05) is 88.5 Å². The van der Waals surface area contributed by atoms with Crippen molar-refractivity contribution in [1.82, 2.24) is 19.6 Å². The van der Waals surface area contributed by atoms with Crippen LogP contribution in [0.25, 0.3) is 34.1 Å². The van der Waals surface area contributed by atoms with Crippen molar-refractivity contribution in [1.29, 1.82) is 0 Å². The maximum Gasteiger partial charge on any atom is 0.165 e. The molecule has 6 rings (SSSR count). The number of fused-ring (bicyclic) bond motifs is 3. The van der Waals surface area contributed by atoms with E-state index in [9.17, 15) is 0 Å². The molecule has 2 bridgehead atoms. The number of benzene rings is 1. The number of nitrogens with zero attached hydrogens (tertiary/aromatic N) is 5. The number of aromatic nitrogens is 4. The molecule has 4 aromatic rings. The van der Waals surface area contributed by atoms with E-state index in [2.05, 4.69) is 74.5 Å². The summed E-state index contributed by atoms with van der Waals surface area (Å²) in [6.07, 6.45) is 14.2. The lowest BCUT2D eigenvalue weighted by Gasteiger charge is -2.32. The van der Waals surface area contributed by atoms with Gasteiger partial charge in [0.25, 0.3) is 0 Å². The van der Waals surface area contributed by atoms with Gasteiger partial charge in [0.15, 0.2) is 5.65 Å². The smallest absolute Gasteiger partial charge is 0.165 e. The van der Waals surface area contributed by atoms with Crippen molar-refractivity contribution in [3.8, 4) is 22.4 Å². The molecule has 0 radical (unpaired) electrons. The molecule has 0 unspecified atom stereocenters. The molecule has 3 atom stereocenters. The third-order valence-corrected chi connectivity index (χ3v) is 13.8. The molecule has 8 nitrogen and oxygen atoms in total. The van der Waals surface area contributed by atoms with E-state index in [0.29, 0.717) is 26.0 Å². The van der Waals surface area contributed by atoms with Gasteiger partial charge in [-0.15, -0.1) is 0 Å². The van der Waals surface area contributed by atoms with E-state index < -0.39 is 16.1 Å². The van der Waals surface area contributed by atoms with E-state index in [1.165, 1.54) is 32.1 Å². The molecule has 0 N–H and O–H groups in total. The molecule has 274 valence electrons. The summed E-state index contributed by atoms with van der Waals surface area (Å²) in [4.78, 5) is 12.7. The van der Waals surface area contributed by atoms with Crippen LogP contribution < -0.4 is 4.90 Å². The molecule has 2 fully saturated rings. The molecule has 0 saturated heterocycles. The second-order valence-electron chi connectivity index (χ2n) is 17.0. The molecule has 3 heterocycles. The van der Waals surface area contributed by atoms with E-state index >= 15 is 0 Å². The molecule has 10 heteroatoms. The third-order valence-electron chi connectivity index (χ3n) is 10.4. The molecule has 0 aliphatic heterocycles. The summed E-state index contributed by atoms with van der Waals surface area (Å²) < 4.78 is 20.9. The van der Waals surface area contributed by atoms with E-state index in [4.69, 9.17) is 29.3 Å². The fourth-order valence-corrected chi connectivity index (χ4v) is 9.04. The fourth-order valence-electron chi connectivity index (χ4n) is 7.53. The van der Waals surface area contributed by atoms with Crippen LogP contribution in [0.5, 0.6) is 0 Å². The van der Waals surface area contributed by atoms with E-state index in [1.807, 2.05) is 48.3 Å². The number of anilines is 1. The first kappa shape index (κ1) is 37.4. The van der Waals surface area contributed by atoms with Gasteiger partial charge >= 0.3 is 0 Å². The maximum atomic E-state index is 6.49. The van der Waals surface area contributed by atoms with Gasteiger partial charge in [-0.05, 0) is 62.3 Å². The van der Waals surface area contributed by atoms with E-state index in [-0.39, 0.29) is 0 Å². The SMILES string of the molecule is CCO/C=C\c1c([C@H]2C[C@@H]3CC[C@@H](C3)C2)nc2c(-c3ccc(-c4ccccc4)nc3)cnn2c1N(COCC[Si](C)(C)C)COCC[Si](C)(C)C. The van der Waals surface area contributed by atoms with Gasteiger partial charge in [0.05, 0.1) is 30.5 Å². The third kappa shape index (κ3) is 9.77. The monoisotopic (exact) mass is 725 g/mol. The topological polar surface area (TPSA) is 74.0 Å². The van der Waals surface area contributed by atoms with Gasteiger partial charge < -0.3 is 19.1 Å². The van der Waals surface area contributed by atoms with E-state index in [0.717, 1.165) is 82.2 Å². The molecular weight excluding hydrogens is 667 g/mol. The summed E-state index contributed by atoms with van der Waals surface area (Å²) in [6, 6.07) is 16.8. The van der Waals surface area contributed by atoms with Crippen LogP contribution in [-0.4, -0.2) is 69.0 Å². The van der Waals surface area contributed by atoms with Crippen LogP contribution in [0, 0.1) is 11.8 Å². The average Bonchev–Trinajstić information content (AvgIpc) is 3.68. The summed E-state index contributed by atoms with van der Waals surface area (Å²) in [5.74, 6) is 2.85. The molecule has 0 amide bonds. The van der Waals surface area contributed by atoms with Crippen LogP contribution in [0.3, 0.4) is 0 Å². The summed E-state index contributed by atoms with van der Waals surface area (Å²) in [7, 11) is -2.53. The largest absolute Gasteiger partial charge is 0.501 e. The van der Waals surface area contributed by atoms with Crippen molar-refractivity contribution in [2.24, 2.45) is 11.8 Å². The minimum absolute atomic E-state index is 0.366. The maximum absolute atomic E-state index is 6.49. The number of rotatable bonds is 17. The predicted molar refractivity (Wildman–Crippen MR) is 216 cm³/mol. The quantitative estimate of drug-likeness (QED) is 0.0464. The van der Waals surface area contributed by atoms with Crippen molar-refractivity contribution in [3.63, 3.8) is 0 Å². The highest BCUT2D eigenvalue weighted by molar-refractivity contribution is 6.76. The highest BCUT2D eigenvalue weighted by Gasteiger charge is 2.37. The Morgan fingerprint density at radius 1 is 0.824 bits per heavy atom. The lowest BCUT2D eigenvalue weighted by Crippen LogP contribution is -2.34. The molecule has 1 aromatic carbocycles. The Bertz CT molecular complexity index is 1710. The zero-order valence-electron chi connectivity index (χ0n) is 32.0. The van der Waals surface area contributed by atoms with Crippen molar-refractivity contribution >= 4 is 33.7 Å². The van der Waals surface area contributed by atoms with Gasteiger partial charge in [0.2, 0.25) is 0 Å². The molecule has 2 aliphatic rings. The lowest BCUT2D eigenvalue weighted by molar-refractivity contribution is 0.0942. The first-order chi connectivity index (χ1) is 24.5. The van der Waals surface area contributed by atoms with Crippen LogP contribution in [0.4, 0.5) is 5.82 Å². The molecular formula is C41H59N5O3Si2. The standard InChI is InChI=1S/C41H59N5O3Si2/c1-8-47-19-18-36-39(35-25-31-14-15-32(24-31)26-35)44-40-37(34-16-17-38(42-27-34)33-12-10-9-11-13-33)28-43-46(40)41(36)45(29-48-20-22-50(2,3)4)30-49-21-23-51(5,6)7/h9-13,16-19,27-28,31-32,35H,8,14-15,20-26,29-30H2,1-7H3/b19-18-/t31-,32+,35+. The second kappa shape index (κ2) is 16.6. The molecule has 0 spiro atoms. The van der Waals surface area contributed by atoms with Crippen LogP contribution >= 0.6 is 0 Å². The van der Waals surface area contributed by atoms with Gasteiger partial charge in [-0.25, -0.2) is 4.98 Å². The Labute approximate surface area is 307 Å². The normalized spacial score (nSPS) is 19.3. The summed E-state index contributed by atoms with van der Waals surface area (Å²) in [5, 5.41) is 5.06. The van der Waals surface area contributed by atoms with Crippen LogP contribution in [0.2, 0.25) is 51.4 Å². The van der Waals surface area contributed by atoms with Gasteiger partial charge in [0.1, 0.15) is 19.3 Å². The van der Waals surface area contributed by atoms with Crippen molar-refractivity contribution < 1.29 is 14.2 Å². The molecule has 51 heavy (non-hydrogen) atoms. The van der Waals surface area contributed by atoms with Crippen molar-refractivity contribution in [2.75, 3.05) is 38.2 Å². The number of ether oxygens (including phenoxy) is 3. The van der Waals surface area contributed by atoms with Crippen LogP contribution in [0.15, 0.2) is 61.1 Å². The van der Waals surface area contributed by atoms with E-state index in [1.54, 1.807) is 0 Å². The van der Waals surface area contributed by atoms with Crippen LogP contribution in [-0.2, 0) is 14.2 Å². The van der Waals surface area contributed by atoms with Gasteiger partial charge in [-0.2, -0.15) is 9.61 Å².